The van der Waals surface area contributed by atoms with Crippen LogP contribution in [0.15, 0.2) is 18.2 Å². The summed E-state index contributed by atoms with van der Waals surface area (Å²) in [5.41, 5.74) is 0.845. The Morgan fingerprint density at radius 3 is 2.63 bits per heavy atom. The average Bonchev–Trinajstić information content (AvgIpc) is 2.34. The first-order chi connectivity index (χ1) is 8.90. The SMILES string of the molecule is CC(C)C(CN(C)C)NCc1cccc(C(=O)O)n1. The molecule has 0 radical (unpaired) electrons. The quantitative estimate of drug-likeness (QED) is 0.781. The van der Waals surface area contributed by atoms with Gasteiger partial charge in [0, 0.05) is 19.1 Å². The Bertz CT molecular complexity index is 419. The van der Waals surface area contributed by atoms with Gasteiger partial charge in [0.1, 0.15) is 5.69 Å². The molecular weight excluding hydrogens is 242 g/mol. The minimum atomic E-state index is -0.990. The van der Waals surface area contributed by atoms with E-state index in [-0.39, 0.29) is 5.69 Å². The molecule has 1 aromatic rings. The molecule has 0 saturated heterocycles. The number of rotatable bonds is 7. The third kappa shape index (κ3) is 5.36. The maximum absolute atomic E-state index is 10.9. The highest BCUT2D eigenvalue weighted by atomic mass is 16.4. The number of carboxylic acids is 1. The van der Waals surface area contributed by atoms with Gasteiger partial charge in [0.15, 0.2) is 0 Å². The van der Waals surface area contributed by atoms with Gasteiger partial charge in [-0.05, 0) is 32.1 Å². The van der Waals surface area contributed by atoms with Gasteiger partial charge in [0.2, 0.25) is 0 Å². The maximum atomic E-state index is 10.9. The van der Waals surface area contributed by atoms with E-state index < -0.39 is 5.97 Å². The fourth-order valence-electron chi connectivity index (χ4n) is 1.84. The number of hydrogen-bond acceptors (Lipinski definition) is 4. The zero-order chi connectivity index (χ0) is 14.4. The van der Waals surface area contributed by atoms with Gasteiger partial charge in [-0.15, -0.1) is 0 Å². The molecule has 0 aliphatic heterocycles. The Morgan fingerprint density at radius 1 is 1.42 bits per heavy atom. The number of nitrogens with zero attached hydrogens (tertiary/aromatic N) is 2. The molecule has 5 nitrogen and oxygen atoms in total. The monoisotopic (exact) mass is 265 g/mol. The summed E-state index contributed by atoms with van der Waals surface area (Å²) in [4.78, 5) is 17.1. The van der Waals surface area contributed by atoms with Crippen molar-refractivity contribution in [3.8, 4) is 0 Å². The molecule has 1 rings (SSSR count). The van der Waals surface area contributed by atoms with E-state index in [4.69, 9.17) is 5.11 Å². The van der Waals surface area contributed by atoms with Crippen LogP contribution in [0, 0.1) is 5.92 Å². The topological polar surface area (TPSA) is 65.5 Å². The van der Waals surface area contributed by atoms with Gasteiger partial charge in [-0.25, -0.2) is 9.78 Å². The molecule has 0 amide bonds. The molecule has 0 fully saturated rings. The number of nitrogens with one attached hydrogen (secondary N) is 1. The highest BCUT2D eigenvalue weighted by Gasteiger charge is 2.14. The van der Waals surface area contributed by atoms with E-state index in [0.29, 0.717) is 18.5 Å². The molecule has 0 saturated carbocycles. The van der Waals surface area contributed by atoms with Crippen molar-refractivity contribution in [3.63, 3.8) is 0 Å². The summed E-state index contributed by atoms with van der Waals surface area (Å²) < 4.78 is 0. The second kappa shape index (κ2) is 7.21. The van der Waals surface area contributed by atoms with Gasteiger partial charge in [-0.3, -0.25) is 0 Å². The molecule has 2 N–H and O–H groups in total. The molecule has 5 heteroatoms. The largest absolute Gasteiger partial charge is 0.477 e. The molecule has 0 spiro atoms. The minimum absolute atomic E-state index is 0.0907. The standard InChI is InChI=1S/C14H23N3O2/c1-10(2)13(9-17(3)4)15-8-11-6-5-7-12(16-11)14(18)19/h5-7,10,13,15H,8-9H2,1-4H3,(H,18,19). The van der Waals surface area contributed by atoms with Crippen molar-refractivity contribution in [2.75, 3.05) is 20.6 Å². The second-order valence-electron chi connectivity index (χ2n) is 5.31. The lowest BCUT2D eigenvalue weighted by Gasteiger charge is -2.25. The number of pyridine rings is 1. The van der Waals surface area contributed by atoms with E-state index in [1.165, 1.54) is 6.07 Å². The van der Waals surface area contributed by atoms with E-state index in [0.717, 1.165) is 12.2 Å². The summed E-state index contributed by atoms with van der Waals surface area (Å²) in [6.07, 6.45) is 0. The Hall–Kier alpha value is -1.46. The smallest absolute Gasteiger partial charge is 0.354 e. The fraction of sp³-hybridized carbons (Fsp3) is 0.571. The number of hydrogen-bond donors (Lipinski definition) is 2. The highest BCUT2D eigenvalue weighted by molar-refractivity contribution is 5.85. The lowest BCUT2D eigenvalue weighted by atomic mass is 10.0. The van der Waals surface area contributed by atoms with Gasteiger partial charge in [0.25, 0.3) is 0 Å². The van der Waals surface area contributed by atoms with E-state index in [1.807, 2.05) is 20.2 Å². The number of likely N-dealkylation sites (N-methyl/N-ethyl adjacent to an activating group) is 1. The summed E-state index contributed by atoms with van der Waals surface area (Å²) >= 11 is 0. The van der Waals surface area contributed by atoms with Crippen LogP contribution in [-0.2, 0) is 6.54 Å². The zero-order valence-corrected chi connectivity index (χ0v) is 12.1. The van der Waals surface area contributed by atoms with Gasteiger partial charge in [-0.2, -0.15) is 0 Å². The third-order valence-corrected chi connectivity index (χ3v) is 2.94. The van der Waals surface area contributed by atoms with Crippen molar-refractivity contribution in [2.24, 2.45) is 5.92 Å². The number of carbonyl (C=O) groups is 1. The van der Waals surface area contributed by atoms with Crippen LogP contribution in [0.2, 0.25) is 0 Å². The molecule has 1 aromatic heterocycles. The lowest BCUT2D eigenvalue weighted by Crippen LogP contribution is -2.41. The van der Waals surface area contributed by atoms with Crippen LogP contribution in [0.25, 0.3) is 0 Å². The van der Waals surface area contributed by atoms with Crippen LogP contribution in [-0.4, -0.2) is 47.6 Å². The Labute approximate surface area is 114 Å². The molecule has 19 heavy (non-hydrogen) atoms. The second-order valence-corrected chi connectivity index (χ2v) is 5.31. The first-order valence-electron chi connectivity index (χ1n) is 6.47. The summed E-state index contributed by atoms with van der Waals surface area (Å²) in [6.45, 7) is 5.86. The molecular formula is C14H23N3O2. The lowest BCUT2D eigenvalue weighted by molar-refractivity contribution is 0.0690. The average molecular weight is 265 g/mol. The minimum Gasteiger partial charge on any atom is -0.477 e. The van der Waals surface area contributed by atoms with Crippen molar-refractivity contribution in [2.45, 2.75) is 26.4 Å². The van der Waals surface area contributed by atoms with Crippen molar-refractivity contribution >= 4 is 5.97 Å². The Morgan fingerprint density at radius 2 is 2.11 bits per heavy atom. The molecule has 1 atom stereocenters. The molecule has 1 heterocycles. The number of aromatic nitrogens is 1. The van der Waals surface area contributed by atoms with Crippen LogP contribution in [0.5, 0.6) is 0 Å². The normalized spacial score (nSPS) is 12.9. The van der Waals surface area contributed by atoms with Gasteiger partial charge in [0.05, 0.1) is 5.69 Å². The van der Waals surface area contributed by atoms with Gasteiger partial charge < -0.3 is 15.3 Å². The summed E-state index contributed by atoms with van der Waals surface area (Å²) in [7, 11) is 4.08. The van der Waals surface area contributed by atoms with Crippen LogP contribution >= 0.6 is 0 Å². The first kappa shape index (κ1) is 15.6. The zero-order valence-electron chi connectivity index (χ0n) is 12.1. The van der Waals surface area contributed by atoms with Crippen molar-refractivity contribution in [1.82, 2.24) is 15.2 Å². The molecule has 0 aliphatic carbocycles. The van der Waals surface area contributed by atoms with E-state index in [9.17, 15) is 4.79 Å². The predicted octanol–water partition coefficient (Wildman–Crippen LogP) is 1.46. The molecule has 0 aliphatic rings. The highest BCUT2D eigenvalue weighted by Crippen LogP contribution is 2.05. The van der Waals surface area contributed by atoms with Crippen molar-refractivity contribution in [1.29, 1.82) is 0 Å². The number of aromatic carboxylic acids is 1. The summed E-state index contributed by atoms with van der Waals surface area (Å²) in [5, 5.41) is 12.3. The van der Waals surface area contributed by atoms with Crippen LogP contribution < -0.4 is 5.32 Å². The summed E-state index contributed by atoms with van der Waals surface area (Å²) in [6, 6.07) is 5.42. The van der Waals surface area contributed by atoms with Crippen LogP contribution in [0.1, 0.15) is 30.0 Å². The predicted molar refractivity (Wildman–Crippen MR) is 75.2 cm³/mol. The van der Waals surface area contributed by atoms with Crippen LogP contribution in [0.4, 0.5) is 0 Å². The first-order valence-corrected chi connectivity index (χ1v) is 6.47. The van der Waals surface area contributed by atoms with Gasteiger partial charge in [-0.1, -0.05) is 19.9 Å². The fourth-order valence-corrected chi connectivity index (χ4v) is 1.84. The molecule has 0 aromatic carbocycles. The Balaban J connectivity index is 2.63. The van der Waals surface area contributed by atoms with Crippen molar-refractivity contribution < 1.29 is 9.90 Å². The van der Waals surface area contributed by atoms with E-state index in [1.54, 1.807) is 6.07 Å². The maximum Gasteiger partial charge on any atom is 0.354 e. The third-order valence-electron chi connectivity index (χ3n) is 2.94. The van der Waals surface area contributed by atoms with E-state index in [2.05, 4.69) is 29.0 Å². The Kier molecular flexibility index (Phi) is 5.92. The van der Waals surface area contributed by atoms with Crippen LogP contribution in [0.3, 0.4) is 0 Å². The van der Waals surface area contributed by atoms with E-state index >= 15 is 0 Å². The summed E-state index contributed by atoms with van der Waals surface area (Å²) in [5.74, 6) is -0.486. The number of carboxylic acid groups (broad SMARTS) is 1. The van der Waals surface area contributed by atoms with Gasteiger partial charge >= 0.3 is 5.97 Å². The van der Waals surface area contributed by atoms with Crippen molar-refractivity contribution in [3.05, 3.63) is 29.6 Å². The molecule has 0 bridgehead atoms. The molecule has 106 valence electrons. The molecule has 1 unspecified atom stereocenters.